The van der Waals surface area contributed by atoms with E-state index in [4.69, 9.17) is 15.4 Å². The van der Waals surface area contributed by atoms with Crippen molar-refractivity contribution in [2.75, 3.05) is 0 Å². The van der Waals surface area contributed by atoms with Gasteiger partial charge in [-0.05, 0) is 82.2 Å². The van der Waals surface area contributed by atoms with Crippen LogP contribution in [0.15, 0.2) is 167 Å². The highest BCUT2D eigenvalue weighted by molar-refractivity contribution is 6.34. The summed E-state index contributed by atoms with van der Waals surface area (Å²) in [5.41, 5.74) is 9.20. The molecule has 0 saturated carbocycles. The third-order valence-electron chi connectivity index (χ3n) is 12.1. The van der Waals surface area contributed by atoms with Crippen molar-refractivity contribution in [3.63, 3.8) is 0 Å². The van der Waals surface area contributed by atoms with E-state index in [1.807, 2.05) is 60.7 Å². The Morgan fingerprint density at radius 1 is 0.431 bits per heavy atom. The molecule has 0 atom stereocenters. The topological polar surface area (TPSA) is 64.3 Å². The summed E-state index contributed by atoms with van der Waals surface area (Å²) in [5, 5.41) is 24.0. The van der Waals surface area contributed by atoms with Gasteiger partial charge in [-0.1, -0.05) is 97.1 Å². The number of nitrogens with zero attached hydrogens (tertiary/aromatic N) is 4. The van der Waals surface area contributed by atoms with E-state index >= 15 is 0 Å². The van der Waals surface area contributed by atoms with Crippen molar-refractivity contribution in [2.24, 2.45) is 0 Å². The highest BCUT2D eigenvalue weighted by atomic mass is 16.3. The van der Waals surface area contributed by atoms with E-state index in [2.05, 4.69) is 117 Å². The maximum atomic E-state index is 11.1. The third kappa shape index (κ3) is 3.88. The quantitative estimate of drug-likeness (QED) is 0.166. The van der Waals surface area contributed by atoms with Gasteiger partial charge in [0.2, 0.25) is 5.69 Å². The number of aromatic nitrogens is 2. The minimum Gasteiger partial charge on any atom is -0.456 e. The van der Waals surface area contributed by atoms with Crippen LogP contribution < -0.4 is 0 Å². The zero-order valence-corrected chi connectivity index (χ0v) is 30.6. The van der Waals surface area contributed by atoms with Gasteiger partial charge in [0.1, 0.15) is 28.4 Å². The summed E-state index contributed by atoms with van der Waals surface area (Å²) in [7, 11) is 0. The first-order valence-corrected chi connectivity index (χ1v) is 19.2. The number of hydrogen-bond acceptors (Lipinski definition) is 3. The zero-order valence-electron chi connectivity index (χ0n) is 30.6. The molecule has 0 N–H and O–H groups in total. The molecule has 13 rings (SSSR count). The van der Waals surface area contributed by atoms with Gasteiger partial charge in [-0.2, -0.15) is 5.26 Å². The van der Waals surface area contributed by atoms with E-state index in [9.17, 15) is 5.26 Å². The molecule has 0 aliphatic carbocycles. The number of para-hydroxylation sites is 2. The summed E-state index contributed by atoms with van der Waals surface area (Å²) < 4.78 is 17.1. The van der Waals surface area contributed by atoms with Gasteiger partial charge in [0.15, 0.2) is 0 Å². The summed E-state index contributed by atoms with van der Waals surface area (Å²) in [5.74, 6) is 0. The van der Waals surface area contributed by atoms with Gasteiger partial charge < -0.3 is 18.0 Å². The second kappa shape index (κ2) is 11.1. The van der Waals surface area contributed by atoms with Gasteiger partial charge >= 0.3 is 0 Å². The summed E-state index contributed by atoms with van der Waals surface area (Å²) in [6.07, 6.45) is 0. The molecule has 4 aromatic heterocycles. The third-order valence-corrected chi connectivity index (χ3v) is 12.1. The Labute approximate surface area is 329 Å². The van der Waals surface area contributed by atoms with Crippen molar-refractivity contribution < 1.29 is 8.83 Å². The van der Waals surface area contributed by atoms with E-state index < -0.39 is 0 Å². The van der Waals surface area contributed by atoms with Gasteiger partial charge in [0.05, 0.1) is 45.6 Å². The average Bonchev–Trinajstić information content (AvgIpc) is 4.03. The molecular formula is C52H26N4O2. The first kappa shape index (κ1) is 30.9. The van der Waals surface area contributed by atoms with Crippen LogP contribution in [-0.4, -0.2) is 9.13 Å². The van der Waals surface area contributed by atoms with Crippen LogP contribution in [-0.2, 0) is 0 Å². The molecule has 6 heteroatoms. The van der Waals surface area contributed by atoms with E-state index in [-0.39, 0.29) is 0 Å². The standard InChI is InChI=1S/C52H26N4O2/c1-54-36-27-41(55-37-20-18-29-10-2-4-12-32(29)47(37)51-39(55)22-24-45-49(51)34-14-6-8-16-43(34)57-45)31(28-53)26-42(36)56-38-21-19-30-11-3-5-13-33(30)48(38)52-40(56)23-25-46-50(52)35-15-7-9-17-44(35)58-46/h2-27H. The predicted molar refractivity (Wildman–Crippen MR) is 236 cm³/mol. The fraction of sp³-hybridized carbons (Fsp3) is 0. The van der Waals surface area contributed by atoms with E-state index in [0.717, 1.165) is 109 Å². The molecule has 0 fully saturated rings. The van der Waals surface area contributed by atoms with E-state index in [1.54, 1.807) is 0 Å². The van der Waals surface area contributed by atoms with Crippen LogP contribution in [0.1, 0.15) is 5.56 Å². The zero-order chi connectivity index (χ0) is 38.2. The lowest BCUT2D eigenvalue weighted by atomic mass is 10.0. The molecule has 13 aromatic rings. The molecule has 0 radical (unpaired) electrons. The van der Waals surface area contributed by atoms with Crippen molar-refractivity contribution in [1.29, 1.82) is 5.26 Å². The summed E-state index contributed by atoms with van der Waals surface area (Å²) >= 11 is 0. The van der Waals surface area contributed by atoms with Crippen LogP contribution in [0.4, 0.5) is 5.69 Å². The summed E-state index contributed by atoms with van der Waals surface area (Å²) in [6, 6.07) is 56.3. The number of hydrogen-bond donors (Lipinski definition) is 0. The van der Waals surface area contributed by atoms with Crippen LogP contribution in [0, 0.1) is 17.9 Å². The van der Waals surface area contributed by atoms with Gasteiger partial charge in [0.25, 0.3) is 0 Å². The van der Waals surface area contributed by atoms with Crippen molar-refractivity contribution in [3.05, 3.63) is 175 Å². The molecule has 58 heavy (non-hydrogen) atoms. The normalized spacial score (nSPS) is 12.1. The molecule has 0 aliphatic heterocycles. The minimum absolute atomic E-state index is 0.434. The molecule has 0 unspecified atom stereocenters. The van der Waals surface area contributed by atoms with Gasteiger partial charge in [-0.3, -0.25) is 0 Å². The Bertz CT molecular complexity index is 3800. The SMILES string of the molecule is [C-]#[N+]c1cc(-n2c3ccc4ccccc4c3c3c4c(ccc32)oc2ccccc24)c(C#N)cc1-n1c2ccc3ccccc3c2c2c3c(ccc21)oc1ccccc13. The van der Waals surface area contributed by atoms with Gasteiger partial charge in [-0.15, -0.1) is 0 Å². The summed E-state index contributed by atoms with van der Waals surface area (Å²) in [6.45, 7) is 8.70. The lowest BCUT2D eigenvalue weighted by Crippen LogP contribution is -2.01. The lowest BCUT2D eigenvalue weighted by Gasteiger charge is -2.16. The molecule has 0 spiro atoms. The van der Waals surface area contributed by atoms with Crippen molar-refractivity contribution in [3.8, 4) is 17.4 Å². The van der Waals surface area contributed by atoms with Gasteiger partial charge in [0, 0.05) is 43.1 Å². The molecule has 266 valence electrons. The molecule has 0 aliphatic rings. The second-order valence-corrected chi connectivity index (χ2v) is 15.0. The Kier molecular flexibility index (Phi) is 5.94. The molecule has 4 heterocycles. The highest BCUT2D eigenvalue weighted by Gasteiger charge is 2.26. The molecule has 9 aromatic carbocycles. The molecular weight excluding hydrogens is 713 g/mol. The predicted octanol–water partition coefficient (Wildman–Crippen LogP) is 14.4. The van der Waals surface area contributed by atoms with Crippen LogP contribution in [0.5, 0.6) is 0 Å². The number of nitriles is 1. The number of benzene rings is 9. The Hall–Kier alpha value is -8.32. The first-order valence-electron chi connectivity index (χ1n) is 19.2. The molecule has 0 saturated heterocycles. The first-order chi connectivity index (χ1) is 28.7. The maximum Gasteiger partial charge on any atom is 0.212 e. The van der Waals surface area contributed by atoms with Crippen molar-refractivity contribution in [2.45, 2.75) is 0 Å². The Morgan fingerprint density at radius 2 is 0.879 bits per heavy atom. The largest absolute Gasteiger partial charge is 0.456 e. The van der Waals surface area contributed by atoms with Crippen LogP contribution >= 0.6 is 0 Å². The maximum absolute atomic E-state index is 11.1. The molecule has 0 bridgehead atoms. The molecule has 0 amide bonds. The number of fused-ring (bicyclic) bond motifs is 18. The fourth-order valence-electron chi connectivity index (χ4n) is 9.80. The fourth-order valence-corrected chi connectivity index (χ4v) is 9.80. The summed E-state index contributed by atoms with van der Waals surface area (Å²) in [4.78, 5) is 4.22. The number of rotatable bonds is 2. The van der Waals surface area contributed by atoms with Crippen LogP contribution in [0.2, 0.25) is 0 Å². The van der Waals surface area contributed by atoms with E-state index in [1.165, 1.54) is 0 Å². The van der Waals surface area contributed by atoms with Crippen LogP contribution in [0.3, 0.4) is 0 Å². The monoisotopic (exact) mass is 738 g/mol. The highest BCUT2D eigenvalue weighted by Crippen LogP contribution is 2.47. The van der Waals surface area contributed by atoms with Crippen molar-refractivity contribution >= 4 is 115 Å². The minimum atomic E-state index is 0.434. The second-order valence-electron chi connectivity index (χ2n) is 15.0. The average molecular weight is 739 g/mol. The smallest absolute Gasteiger partial charge is 0.212 e. The Balaban J connectivity index is 1.17. The number of furan rings is 2. The lowest BCUT2D eigenvalue weighted by molar-refractivity contribution is 0.669. The van der Waals surface area contributed by atoms with E-state index in [0.29, 0.717) is 22.6 Å². The van der Waals surface area contributed by atoms with Crippen LogP contribution in [0.25, 0.3) is 125 Å². The Morgan fingerprint density at radius 3 is 1.40 bits per heavy atom. The van der Waals surface area contributed by atoms with Gasteiger partial charge in [-0.25, -0.2) is 4.85 Å². The molecule has 6 nitrogen and oxygen atoms in total. The van der Waals surface area contributed by atoms with Crippen molar-refractivity contribution in [1.82, 2.24) is 9.13 Å².